The molecule has 0 saturated heterocycles. The molecule has 0 aliphatic rings. The minimum absolute atomic E-state index is 0.642. The number of nitrogens with zero attached hydrogens (tertiary/aromatic N) is 2. The molecule has 2 heterocycles. The molecule has 1 aromatic carbocycles. The van der Waals surface area contributed by atoms with Gasteiger partial charge in [0.2, 0.25) is 0 Å². The number of hydrogen-bond donors (Lipinski definition) is 2. The normalized spacial score (nSPS) is 10.9. The van der Waals surface area contributed by atoms with E-state index in [9.17, 15) is 0 Å². The van der Waals surface area contributed by atoms with E-state index in [1.165, 1.54) is 4.88 Å². The van der Waals surface area contributed by atoms with Crippen molar-refractivity contribution in [3.8, 4) is 0 Å². The highest BCUT2D eigenvalue weighted by Crippen LogP contribution is 2.30. The molecule has 0 radical (unpaired) electrons. The molecule has 102 valence electrons. The van der Waals surface area contributed by atoms with Gasteiger partial charge in [-0.3, -0.25) is 4.98 Å². The molecular weight excluding hydrogens is 336 g/mol. The summed E-state index contributed by atoms with van der Waals surface area (Å²) in [4.78, 5) is 9.90. The molecule has 0 spiro atoms. The van der Waals surface area contributed by atoms with Gasteiger partial charge in [0.1, 0.15) is 5.01 Å². The van der Waals surface area contributed by atoms with E-state index in [1.807, 2.05) is 24.4 Å². The van der Waals surface area contributed by atoms with Crippen LogP contribution in [-0.4, -0.2) is 9.97 Å². The third-order valence-corrected chi connectivity index (χ3v) is 4.35. The van der Waals surface area contributed by atoms with Gasteiger partial charge in [-0.15, -0.1) is 11.3 Å². The Labute approximate surface area is 129 Å². The lowest BCUT2D eigenvalue weighted by molar-refractivity contribution is 1.10. The van der Waals surface area contributed by atoms with Crippen LogP contribution in [-0.2, 0) is 6.54 Å². The van der Waals surface area contributed by atoms with Gasteiger partial charge >= 0.3 is 0 Å². The van der Waals surface area contributed by atoms with Crippen molar-refractivity contribution in [2.45, 2.75) is 13.5 Å². The van der Waals surface area contributed by atoms with Crippen LogP contribution in [0.2, 0.25) is 0 Å². The van der Waals surface area contributed by atoms with Gasteiger partial charge in [0.25, 0.3) is 0 Å². The summed E-state index contributed by atoms with van der Waals surface area (Å²) in [6.45, 7) is 2.71. The minimum Gasteiger partial charge on any atom is -0.396 e. The topological polar surface area (TPSA) is 63.8 Å². The first-order valence-corrected chi connectivity index (χ1v) is 7.73. The lowest BCUT2D eigenvalue weighted by Gasteiger charge is -2.11. The van der Waals surface area contributed by atoms with Gasteiger partial charge in [0.15, 0.2) is 0 Å². The minimum atomic E-state index is 0.642. The molecule has 0 unspecified atom stereocenters. The quantitative estimate of drug-likeness (QED) is 0.751. The Hall–Kier alpha value is -1.66. The van der Waals surface area contributed by atoms with Gasteiger partial charge in [-0.2, -0.15) is 0 Å². The fourth-order valence-corrected chi connectivity index (χ4v) is 3.11. The molecule has 0 fully saturated rings. The number of nitrogens with two attached hydrogens (primary N) is 1. The van der Waals surface area contributed by atoms with E-state index in [0.717, 1.165) is 26.1 Å². The lowest BCUT2D eigenvalue weighted by atomic mass is 10.1. The predicted molar refractivity (Wildman–Crippen MR) is 88.0 cm³/mol. The molecule has 0 aliphatic heterocycles. The fourth-order valence-electron chi connectivity index (χ4n) is 2.02. The van der Waals surface area contributed by atoms with Crippen molar-refractivity contribution < 1.29 is 0 Å². The second-order valence-corrected chi connectivity index (χ2v) is 6.70. The third kappa shape index (κ3) is 2.62. The zero-order chi connectivity index (χ0) is 14.1. The Morgan fingerprint density at radius 2 is 2.15 bits per heavy atom. The van der Waals surface area contributed by atoms with Crippen molar-refractivity contribution in [3.63, 3.8) is 0 Å². The van der Waals surface area contributed by atoms with Crippen molar-refractivity contribution in [2.75, 3.05) is 11.1 Å². The van der Waals surface area contributed by atoms with Crippen LogP contribution in [0.3, 0.4) is 0 Å². The number of aromatic nitrogens is 2. The number of hydrogen-bond acceptors (Lipinski definition) is 5. The van der Waals surface area contributed by atoms with E-state index in [0.29, 0.717) is 12.2 Å². The smallest absolute Gasteiger partial charge is 0.112 e. The van der Waals surface area contributed by atoms with Crippen LogP contribution < -0.4 is 11.1 Å². The molecule has 4 nitrogen and oxygen atoms in total. The average Bonchev–Trinajstić information content (AvgIpc) is 2.83. The zero-order valence-electron chi connectivity index (χ0n) is 10.9. The Balaban J connectivity index is 1.97. The van der Waals surface area contributed by atoms with Crippen molar-refractivity contribution >= 4 is 49.5 Å². The Morgan fingerprint density at radius 1 is 1.30 bits per heavy atom. The maximum Gasteiger partial charge on any atom is 0.112 e. The van der Waals surface area contributed by atoms with E-state index >= 15 is 0 Å². The molecule has 2 aromatic heterocycles. The lowest BCUT2D eigenvalue weighted by Crippen LogP contribution is -2.03. The highest BCUT2D eigenvalue weighted by Gasteiger charge is 2.08. The van der Waals surface area contributed by atoms with Gasteiger partial charge in [0, 0.05) is 20.9 Å². The SMILES string of the molecule is Cc1cnc(CNc2c(N)cnc3ccc(Br)cc23)s1. The second kappa shape index (κ2) is 5.38. The third-order valence-electron chi connectivity index (χ3n) is 2.94. The molecule has 0 atom stereocenters. The van der Waals surface area contributed by atoms with Crippen molar-refractivity contribution in [3.05, 3.63) is 45.0 Å². The molecule has 0 amide bonds. The van der Waals surface area contributed by atoms with Gasteiger partial charge in [-0.05, 0) is 25.1 Å². The molecule has 3 rings (SSSR count). The second-order valence-electron chi connectivity index (χ2n) is 4.47. The summed E-state index contributed by atoms with van der Waals surface area (Å²) < 4.78 is 1.01. The van der Waals surface area contributed by atoms with E-state index in [-0.39, 0.29) is 0 Å². The number of fused-ring (bicyclic) bond motifs is 1. The average molecular weight is 349 g/mol. The van der Waals surface area contributed by atoms with Crippen LogP contribution in [0.1, 0.15) is 9.88 Å². The summed E-state index contributed by atoms with van der Waals surface area (Å²) in [6.07, 6.45) is 3.57. The molecule has 3 aromatic rings. The molecule has 0 bridgehead atoms. The van der Waals surface area contributed by atoms with Gasteiger partial charge in [-0.1, -0.05) is 15.9 Å². The number of halogens is 1. The van der Waals surface area contributed by atoms with Crippen molar-refractivity contribution in [1.29, 1.82) is 0 Å². The number of benzene rings is 1. The number of anilines is 2. The van der Waals surface area contributed by atoms with Crippen LogP contribution in [0.25, 0.3) is 10.9 Å². The van der Waals surface area contributed by atoms with E-state index in [2.05, 4.69) is 38.1 Å². The molecule has 6 heteroatoms. The maximum absolute atomic E-state index is 6.05. The first-order chi connectivity index (χ1) is 9.63. The number of nitrogens with one attached hydrogen (secondary N) is 1. The Morgan fingerprint density at radius 3 is 2.90 bits per heavy atom. The number of aryl methyl sites for hydroxylation is 1. The summed E-state index contributed by atoms with van der Waals surface area (Å²) in [5.41, 5.74) is 8.51. The molecular formula is C14H13BrN4S. The number of thiazole rings is 1. The molecule has 3 N–H and O–H groups in total. The maximum atomic E-state index is 6.05. The standard InChI is InChI=1S/C14H13BrN4S/c1-8-5-18-13(20-8)7-19-14-10-4-9(15)2-3-12(10)17-6-11(14)16/h2-6H,7,16H2,1H3,(H,17,19). The van der Waals surface area contributed by atoms with Crippen LogP contribution >= 0.6 is 27.3 Å². The van der Waals surface area contributed by atoms with Crippen LogP contribution in [0, 0.1) is 6.92 Å². The summed E-state index contributed by atoms with van der Waals surface area (Å²) in [7, 11) is 0. The summed E-state index contributed by atoms with van der Waals surface area (Å²) in [5.74, 6) is 0. The highest BCUT2D eigenvalue weighted by atomic mass is 79.9. The van der Waals surface area contributed by atoms with Crippen LogP contribution in [0.4, 0.5) is 11.4 Å². The molecule has 20 heavy (non-hydrogen) atoms. The van der Waals surface area contributed by atoms with E-state index in [1.54, 1.807) is 17.5 Å². The monoisotopic (exact) mass is 348 g/mol. The van der Waals surface area contributed by atoms with Crippen LogP contribution in [0.15, 0.2) is 35.1 Å². The summed E-state index contributed by atoms with van der Waals surface area (Å²) in [6, 6.07) is 5.96. The van der Waals surface area contributed by atoms with Gasteiger partial charge in [-0.25, -0.2) is 4.98 Å². The molecule has 0 aliphatic carbocycles. The van der Waals surface area contributed by atoms with E-state index < -0.39 is 0 Å². The van der Waals surface area contributed by atoms with Crippen LogP contribution in [0.5, 0.6) is 0 Å². The molecule has 0 saturated carbocycles. The number of nitrogen functional groups attached to an aromatic ring is 1. The van der Waals surface area contributed by atoms with E-state index in [4.69, 9.17) is 5.73 Å². The van der Waals surface area contributed by atoms with Gasteiger partial charge < -0.3 is 11.1 Å². The first-order valence-electron chi connectivity index (χ1n) is 6.12. The Kier molecular flexibility index (Phi) is 3.58. The van der Waals surface area contributed by atoms with Crippen molar-refractivity contribution in [2.24, 2.45) is 0 Å². The fraction of sp³-hybridized carbons (Fsp3) is 0.143. The summed E-state index contributed by atoms with van der Waals surface area (Å²) >= 11 is 5.17. The Bertz CT molecular complexity index is 764. The highest BCUT2D eigenvalue weighted by molar-refractivity contribution is 9.10. The number of rotatable bonds is 3. The predicted octanol–water partition coefficient (Wildman–Crippen LogP) is 3.96. The number of pyridine rings is 1. The van der Waals surface area contributed by atoms with Crippen molar-refractivity contribution in [1.82, 2.24) is 9.97 Å². The zero-order valence-corrected chi connectivity index (χ0v) is 13.3. The largest absolute Gasteiger partial charge is 0.396 e. The first kappa shape index (κ1) is 13.3. The summed E-state index contributed by atoms with van der Waals surface area (Å²) in [5, 5.41) is 5.43. The van der Waals surface area contributed by atoms with Gasteiger partial charge in [0.05, 0.1) is 29.6 Å².